The van der Waals surface area contributed by atoms with Gasteiger partial charge in [-0.1, -0.05) is 6.42 Å². The molecule has 0 amide bonds. The van der Waals surface area contributed by atoms with Gasteiger partial charge in [-0.3, -0.25) is 0 Å². The van der Waals surface area contributed by atoms with Crippen molar-refractivity contribution < 1.29 is 9.47 Å². The number of hydrogen-bond donors (Lipinski definition) is 0. The average Bonchev–Trinajstić information content (AvgIpc) is 2.68. The van der Waals surface area contributed by atoms with Gasteiger partial charge in [0.15, 0.2) is 0 Å². The summed E-state index contributed by atoms with van der Waals surface area (Å²) >= 11 is 0. The summed E-state index contributed by atoms with van der Waals surface area (Å²) in [6, 6.07) is 8.65. The zero-order chi connectivity index (χ0) is 18.2. The second-order valence-corrected chi connectivity index (χ2v) is 8.03. The molecule has 1 aromatic rings. The Morgan fingerprint density at radius 3 is 2.58 bits per heavy atom. The van der Waals surface area contributed by atoms with E-state index in [1.165, 1.54) is 58.3 Å². The van der Waals surface area contributed by atoms with Crippen LogP contribution >= 0.6 is 0 Å². The SMILES string of the molecule is COc1ccc(OCCCN2CCCC(CN3CCCCC3C)C2)cc1. The number of piperidine rings is 2. The number of benzene rings is 1. The van der Waals surface area contributed by atoms with Gasteiger partial charge in [0.05, 0.1) is 13.7 Å². The molecule has 0 N–H and O–H groups in total. The Hall–Kier alpha value is -1.26. The summed E-state index contributed by atoms with van der Waals surface area (Å²) in [6.45, 7) is 9.50. The maximum absolute atomic E-state index is 5.87. The highest BCUT2D eigenvalue weighted by Crippen LogP contribution is 2.23. The van der Waals surface area contributed by atoms with Crippen LogP contribution in [-0.4, -0.2) is 62.3 Å². The molecule has 4 nitrogen and oxygen atoms in total. The summed E-state index contributed by atoms with van der Waals surface area (Å²) in [7, 11) is 1.69. The molecule has 4 heteroatoms. The van der Waals surface area contributed by atoms with Gasteiger partial charge in [0, 0.05) is 25.7 Å². The minimum atomic E-state index is 0.788. The highest BCUT2D eigenvalue weighted by Gasteiger charge is 2.25. The van der Waals surface area contributed by atoms with Crippen LogP contribution in [0.4, 0.5) is 0 Å². The third kappa shape index (κ3) is 5.88. The van der Waals surface area contributed by atoms with E-state index >= 15 is 0 Å². The van der Waals surface area contributed by atoms with E-state index < -0.39 is 0 Å². The number of methoxy groups -OCH3 is 1. The molecule has 2 aliphatic rings. The molecule has 2 fully saturated rings. The lowest BCUT2D eigenvalue weighted by Gasteiger charge is -2.39. The highest BCUT2D eigenvalue weighted by atomic mass is 16.5. The van der Waals surface area contributed by atoms with Crippen molar-refractivity contribution in [3.05, 3.63) is 24.3 Å². The smallest absolute Gasteiger partial charge is 0.119 e. The third-order valence-corrected chi connectivity index (χ3v) is 5.98. The van der Waals surface area contributed by atoms with Crippen molar-refractivity contribution in [3.8, 4) is 11.5 Å². The van der Waals surface area contributed by atoms with E-state index in [4.69, 9.17) is 9.47 Å². The topological polar surface area (TPSA) is 24.9 Å². The molecule has 0 bridgehead atoms. The molecule has 0 spiro atoms. The molecule has 0 radical (unpaired) electrons. The van der Waals surface area contributed by atoms with Crippen LogP contribution in [-0.2, 0) is 0 Å². The van der Waals surface area contributed by atoms with Crippen molar-refractivity contribution in [2.24, 2.45) is 5.92 Å². The largest absolute Gasteiger partial charge is 0.497 e. The lowest BCUT2D eigenvalue weighted by molar-refractivity contribution is 0.0916. The first-order valence-corrected chi connectivity index (χ1v) is 10.5. The van der Waals surface area contributed by atoms with Crippen molar-refractivity contribution in [3.63, 3.8) is 0 Å². The summed E-state index contributed by atoms with van der Waals surface area (Å²) in [5, 5.41) is 0. The number of ether oxygens (including phenoxy) is 2. The maximum atomic E-state index is 5.87. The first kappa shape index (κ1) is 19.5. The Kier molecular flexibility index (Phi) is 7.63. The lowest BCUT2D eigenvalue weighted by Crippen LogP contribution is -2.45. The van der Waals surface area contributed by atoms with Crippen LogP contribution < -0.4 is 9.47 Å². The molecule has 2 unspecified atom stereocenters. The molecule has 3 rings (SSSR count). The van der Waals surface area contributed by atoms with Gasteiger partial charge in [-0.15, -0.1) is 0 Å². The van der Waals surface area contributed by atoms with Crippen molar-refractivity contribution in [2.75, 3.05) is 46.4 Å². The normalized spacial score (nSPS) is 25.2. The third-order valence-electron chi connectivity index (χ3n) is 5.98. The van der Waals surface area contributed by atoms with Crippen LogP contribution in [0.1, 0.15) is 45.4 Å². The van der Waals surface area contributed by atoms with Gasteiger partial charge in [-0.2, -0.15) is 0 Å². The molecular formula is C22H36N2O2. The fraction of sp³-hybridized carbons (Fsp3) is 0.727. The highest BCUT2D eigenvalue weighted by molar-refractivity contribution is 5.31. The number of hydrogen-bond acceptors (Lipinski definition) is 4. The molecule has 1 aromatic carbocycles. The van der Waals surface area contributed by atoms with Gasteiger partial charge >= 0.3 is 0 Å². The van der Waals surface area contributed by atoms with Gasteiger partial charge in [0.25, 0.3) is 0 Å². The van der Waals surface area contributed by atoms with Crippen molar-refractivity contribution in [1.82, 2.24) is 9.80 Å². The van der Waals surface area contributed by atoms with E-state index in [9.17, 15) is 0 Å². The Morgan fingerprint density at radius 1 is 1.00 bits per heavy atom. The molecular weight excluding hydrogens is 324 g/mol. The van der Waals surface area contributed by atoms with Gasteiger partial charge in [0.1, 0.15) is 11.5 Å². The first-order valence-electron chi connectivity index (χ1n) is 10.5. The monoisotopic (exact) mass is 360 g/mol. The van der Waals surface area contributed by atoms with Crippen molar-refractivity contribution in [2.45, 2.75) is 51.5 Å². The molecule has 2 saturated heterocycles. The van der Waals surface area contributed by atoms with E-state index in [0.29, 0.717) is 0 Å². The molecule has 0 aliphatic carbocycles. The average molecular weight is 361 g/mol. The number of nitrogens with zero attached hydrogens (tertiary/aromatic N) is 2. The lowest BCUT2D eigenvalue weighted by atomic mass is 9.94. The Labute approximate surface area is 159 Å². The molecule has 2 heterocycles. The van der Waals surface area contributed by atoms with Gasteiger partial charge < -0.3 is 19.3 Å². The van der Waals surface area contributed by atoms with E-state index in [1.54, 1.807) is 7.11 Å². The Bertz CT molecular complexity index is 519. The fourth-order valence-electron chi connectivity index (χ4n) is 4.41. The number of likely N-dealkylation sites (tertiary alicyclic amines) is 2. The minimum absolute atomic E-state index is 0.788. The predicted octanol–water partition coefficient (Wildman–Crippen LogP) is 4.05. The molecule has 146 valence electrons. The minimum Gasteiger partial charge on any atom is -0.497 e. The zero-order valence-corrected chi connectivity index (χ0v) is 16.7. The summed E-state index contributed by atoms with van der Waals surface area (Å²) < 4.78 is 11.0. The van der Waals surface area contributed by atoms with Gasteiger partial charge in [0.2, 0.25) is 0 Å². The summed E-state index contributed by atoms with van der Waals surface area (Å²) in [4.78, 5) is 5.39. The second-order valence-electron chi connectivity index (χ2n) is 8.03. The number of rotatable bonds is 8. The Balaban J connectivity index is 1.34. The van der Waals surface area contributed by atoms with Crippen LogP contribution in [0.5, 0.6) is 11.5 Å². The van der Waals surface area contributed by atoms with E-state index in [2.05, 4.69) is 16.7 Å². The molecule has 0 saturated carbocycles. The van der Waals surface area contributed by atoms with Gasteiger partial charge in [-0.05, 0) is 82.3 Å². The van der Waals surface area contributed by atoms with E-state index in [0.717, 1.165) is 43.0 Å². The Morgan fingerprint density at radius 2 is 1.81 bits per heavy atom. The van der Waals surface area contributed by atoms with Crippen LogP contribution in [0.3, 0.4) is 0 Å². The van der Waals surface area contributed by atoms with E-state index in [-0.39, 0.29) is 0 Å². The first-order chi connectivity index (χ1) is 12.7. The van der Waals surface area contributed by atoms with Crippen molar-refractivity contribution >= 4 is 0 Å². The molecule has 26 heavy (non-hydrogen) atoms. The second kappa shape index (κ2) is 10.2. The maximum Gasteiger partial charge on any atom is 0.119 e. The standard InChI is InChI=1S/C22H36N2O2/c1-19-7-3-4-15-24(19)18-20-8-5-13-23(17-20)14-6-16-26-22-11-9-21(25-2)10-12-22/h9-12,19-20H,3-8,13-18H2,1-2H3. The van der Waals surface area contributed by atoms with Crippen LogP contribution in [0, 0.1) is 5.92 Å². The van der Waals surface area contributed by atoms with Crippen LogP contribution in [0.25, 0.3) is 0 Å². The van der Waals surface area contributed by atoms with E-state index in [1.807, 2.05) is 24.3 Å². The molecule has 2 atom stereocenters. The van der Waals surface area contributed by atoms with Gasteiger partial charge in [-0.25, -0.2) is 0 Å². The summed E-state index contributed by atoms with van der Waals surface area (Å²) in [5.74, 6) is 2.66. The fourth-order valence-corrected chi connectivity index (χ4v) is 4.41. The molecule has 2 aliphatic heterocycles. The summed E-state index contributed by atoms with van der Waals surface area (Å²) in [5.41, 5.74) is 0. The van der Waals surface area contributed by atoms with Crippen LogP contribution in [0.2, 0.25) is 0 Å². The zero-order valence-electron chi connectivity index (χ0n) is 16.7. The molecule has 0 aromatic heterocycles. The predicted molar refractivity (Wildman–Crippen MR) is 107 cm³/mol. The van der Waals surface area contributed by atoms with Crippen LogP contribution in [0.15, 0.2) is 24.3 Å². The summed E-state index contributed by atoms with van der Waals surface area (Å²) in [6.07, 6.45) is 8.05. The van der Waals surface area contributed by atoms with Crippen molar-refractivity contribution in [1.29, 1.82) is 0 Å². The quantitative estimate of drug-likeness (QED) is 0.653.